The molecule has 0 aliphatic heterocycles. The summed E-state index contributed by atoms with van der Waals surface area (Å²) in [5.41, 5.74) is 8.98. The van der Waals surface area contributed by atoms with E-state index in [0.717, 1.165) is 11.1 Å². The van der Waals surface area contributed by atoms with Gasteiger partial charge in [-0.3, -0.25) is 0 Å². The first-order valence-corrected chi connectivity index (χ1v) is 5.40. The highest BCUT2D eigenvalue weighted by Gasteiger charge is 2.05. The average Bonchev–Trinajstić information content (AvgIpc) is 2.41. The lowest BCUT2D eigenvalue weighted by Gasteiger charge is -2.06. The van der Waals surface area contributed by atoms with Gasteiger partial charge in [0.2, 0.25) is 0 Å². The van der Waals surface area contributed by atoms with E-state index >= 15 is 0 Å². The Morgan fingerprint density at radius 1 is 1.17 bits per heavy atom. The van der Waals surface area contributed by atoms with Crippen LogP contribution in [0.25, 0.3) is 16.7 Å². The van der Waals surface area contributed by atoms with Crippen molar-refractivity contribution in [3.05, 3.63) is 54.6 Å². The van der Waals surface area contributed by atoms with Crippen molar-refractivity contribution in [2.45, 2.75) is 0 Å². The van der Waals surface area contributed by atoms with Gasteiger partial charge in [-0.1, -0.05) is 30.8 Å². The summed E-state index contributed by atoms with van der Waals surface area (Å²) >= 11 is 0. The van der Waals surface area contributed by atoms with Crippen LogP contribution in [0.5, 0.6) is 5.75 Å². The molecule has 2 aromatic carbocycles. The Morgan fingerprint density at radius 2 is 1.83 bits per heavy atom. The van der Waals surface area contributed by atoms with E-state index in [1.807, 2.05) is 18.2 Å². The normalized spacial score (nSPS) is 9.72. The summed E-state index contributed by atoms with van der Waals surface area (Å²) in [6.45, 7) is 3.65. The van der Waals surface area contributed by atoms with Gasteiger partial charge in [-0.2, -0.15) is 5.26 Å². The number of benzene rings is 2. The van der Waals surface area contributed by atoms with Gasteiger partial charge in [-0.05, 0) is 29.3 Å². The van der Waals surface area contributed by atoms with E-state index < -0.39 is 0 Å². The van der Waals surface area contributed by atoms with E-state index in [-0.39, 0.29) is 5.75 Å². The van der Waals surface area contributed by atoms with Crippen molar-refractivity contribution in [3.8, 4) is 22.9 Å². The fourth-order valence-corrected chi connectivity index (χ4v) is 1.70. The zero-order valence-corrected chi connectivity index (χ0v) is 9.72. The summed E-state index contributed by atoms with van der Waals surface area (Å²) in [5, 5.41) is 18.5. The fourth-order valence-electron chi connectivity index (χ4n) is 1.70. The lowest BCUT2D eigenvalue weighted by Crippen LogP contribution is -1.87. The molecule has 88 valence electrons. The first-order chi connectivity index (χ1) is 8.61. The van der Waals surface area contributed by atoms with E-state index in [1.54, 1.807) is 30.3 Å². The third-order valence-corrected chi connectivity index (χ3v) is 2.70. The number of nitriles is 1. The highest BCUT2D eigenvalue weighted by molar-refractivity contribution is 5.78. The van der Waals surface area contributed by atoms with Crippen molar-refractivity contribution >= 4 is 11.3 Å². The number of hydrogen-bond donors (Lipinski definition) is 2. The Kier molecular flexibility index (Phi) is 3.03. The number of phenolic OH excluding ortho intramolecular Hbond substituents is 1. The third kappa shape index (κ3) is 2.18. The molecule has 0 aliphatic rings. The molecule has 0 saturated heterocycles. The van der Waals surface area contributed by atoms with Crippen LogP contribution in [-0.2, 0) is 0 Å². The SMILES string of the molecule is C=C(C#N)c1ccc(-c2cc(N)ccc2O)cc1. The van der Waals surface area contributed by atoms with Crippen LogP contribution in [0.15, 0.2) is 49.0 Å². The molecule has 0 fully saturated rings. The molecule has 0 bridgehead atoms. The second kappa shape index (κ2) is 4.64. The zero-order valence-electron chi connectivity index (χ0n) is 9.72. The van der Waals surface area contributed by atoms with Gasteiger partial charge in [0, 0.05) is 11.3 Å². The van der Waals surface area contributed by atoms with Crippen molar-refractivity contribution in [1.29, 1.82) is 5.26 Å². The zero-order chi connectivity index (χ0) is 13.1. The van der Waals surface area contributed by atoms with Crippen LogP contribution >= 0.6 is 0 Å². The Morgan fingerprint density at radius 3 is 2.44 bits per heavy atom. The largest absolute Gasteiger partial charge is 0.507 e. The topological polar surface area (TPSA) is 70.0 Å². The maximum atomic E-state index is 9.79. The summed E-state index contributed by atoms with van der Waals surface area (Å²) < 4.78 is 0. The van der Waals surface area contributed by atoms with Crippen molar-refractivity contribution < 1.29 is 5.11 Å². The number of allylic oxidation sites excluding steroid dienone is 1. The van der Waals surface area contributed by atoms with E-state index in [0.29, 0.717) is 16.8 Å². The Labute approximate surface area is 105 Å². The molecule has 0 unspecified atom stereocenters. The van der Waals surface area contributed by atoms with Gasteiger partial charge < -0.3 is 10.8 Å². The van der Waals surface area contributed by atoms with Gasteiger partial charge in [0.25, 0.3) is 0 Å². The molecular weight excluding hydrogens is 224 g/mol. The van der Waals surface area contributed by atoms with Crippen molar-refractivity contribution in [2.24, 2.45) is 0 Å². The average molecular weight is 236 g/mol. The smallest absolute Gasteiger partial charge is 0.123 e. The van der Waals surface area contributed by atoms with Crippen molar-refractivity contribution in [1.82, 2.24) is 0 Å². The van der Waals surface area contributed by atoms with E-state index in [4.69, 9.17) is 11.0 Å². The molecule has 0 aliphatic carbocycles. The number of rotatable bonds is 2. The molecule has 18 heavy (non-hydrogen) atoms. The molecular formula is C15H12N2O. The van der Waals surface area contributed by atoms with Crippen LogP contribution in [0.4, 0.5) is 5.69 Å². The van der Waals surface area contributed by atoms with Gasteiger partial charge in [0.05, 0.1) is 11.6 Å². The molecule has 0 spiro atoms. The minimum atomic E-state index is 0.177. The quantitative estimate of drug-likeness (QED) is 0.478. The minimum Gasteiger partial charge on any atom is -0.507 e. The minimum absolute atomic E-state index is 0.177. The van der Waals surface area contributed by atoms with Crippen LogP contribution in [0.1, 0.15) is 5.56 Å². The standard InChI is InChI=1S/C15H12N2O/c1-10(9-16)11-2-4-12(5-3-11)14-8-13(17)6-7-15(14)18/h2-8,18H,1,17H2. The molecule has 0 aromatic heterocycles. The Bertz CT molecular complexity index is 637. The second-order valence-corrected chi connectivity index (χ2v) is 3.94. The lowest BCUT2D eigenvalue weighted by atomic mass is 10.0. The van der Waals surface area contributed by atoms with E-state index in [1.165, 1.54) is 0 Å². The number of anilines is 1. The first-order valence-electron chi connectivity index (χ1n) is 5.40. The van der Waals surface area contributed by atoms with Crippen LogP contribution in [-0.4, -0.2) is 5.11 Å². The molecule has 0 heterocycles. The molecule has 2 aromatic rings. The van der Waals surface area contributed by atoms with Gasteiger partial charge in [0.15, 0.2) is 0 Å². The predicted octanol–water partition coefficient (Wildman–Crippen LogP) is 3.18. The molecule has 0 saturated carbocycles. The second-order valence-electron chi connectivity index (χ2n) is 3.94. The van der Waals surface area contributed by atoms with E-state index in [2.05, 4.69) is 6.58 Å². The van der Waals surface area contributed by atoms with Crippen molar-refractivity contribution in [2.75, 3.05) is 5.73 Å². The molecule has 0 radical (unpaired) electrons. The highest BCUT2D eigenvalue weighted by atomic mass is 16.3. The maximum Gasteiger partial charge on any atom is 0.123 e. The fraction of sp³-hybridized carbons (Fsp3) is 0. The molecule has 0 atom stereocenters. The van der Waals surface area contributed by atoms with Crippen LogP contribution in [0, 0.1) is 11.3 Å². The van der Waals surface area contributed by atoms with Crippen LogP contribution < -0.4 is 5.73 Å². The van der Waals surface area contributed by atoms with Gasteiger partial charge in [0.1, 0.15) is 5.75 Å². The summed E-state index contributed by atoms with van der Waals surface area (Å²) in [5.74, 6) is 0.177. The summed E-state index contributed by atoms with van der Waals surface area (Å²) in [7, 11) is 0. The maximum absolute atomic E-state index is 9.79. The first kappa shape index (κ1) is 11.7. The molecule has 3 nitrogen and oxygen atoms in total. The number of aromatic hydroxyl groups is 1. The van der Waals surface area contributed by atoms with Crippen LogP contribution in [0.3, 0.4) is 0 Å². The number of hydrogen-bond acceptors (Lipinski definition) is 3. The third-order valence-electron chi connectivity index (χ3n) is 2.70. The summed E-state index contributed by atoms with van der Waals surface area (Å²) in [6, 6.07) is 14.2. The molecule has 0 amide bonds. The number of nitrogens with zero attached hydrogens (tertiary/aromatic N) is 1. The monoisotopic (exact) mass is 236 g/mol. The summed E-state index contributed by atoms with van der Waals surface area (Å²) in [4.78, 5) is 0. The number of nitrogens with two attached hydrogens (primary N) is 1. The Hall–Kier alpha value is -2.73. The van der Waals surface area contributed by atoms with Gasteiger partial charge in [-0.25, -0.2) is 0 Å². The highest BCUT2D eigenvalue weighted by Crippen LogP contribution is 2.31. The number of nitrogen functional groups attached to an aromatic ring is 1. The molecule has 3 N–H and O–H groups in total. The van der Waals surface area contributed by atoms with E-state index in [9.17, 15) is 5.11 Å². The molecule has 3 heteroatoms. The lowest BCUT2D eigenvalue weighted by molar-refractivity contribution is 0.477. The van der Waals surface area contributed by atoms with Crippen LogP contribution in [0.2, 0.25) is 0 Å². The predicted molar refractivity (Wildman–Crippen MR) is 72.6 cm³/mol. The Balaban J connectivity index is 2.44. The van der Waals surface area contributed by atoms with Gasteiger partial charge >= 0.3 is 0 Å². The molecule has 2 rings (SSSR count). The summed E-state index contributed by atoms with van der Waals surface area (Å²) in [6.07, 6.45) is 0. The number of phenols is 1. The van der Waals surface area contributed by atoms with Crippen molar-refractivity contribution in [3.63, 3.8) is 0 Å². The van der Waals surface area contributed by atoms with Gasteiger partial charge in [-0.15, -0.1) is 0 Å².